The highest BCUT2D eigenvalue weighted by Gasteiger charge is 1.84. The summed E-state index contributed by atoms with van der Waals surface area (Å²) in [5, 5.41) is 0. The standard InChI is InChI=1S/C8H8.2H3N.H2O4S/c1-2-8-6-4-3-5-7-8;;;1-5(2,3)4/h2-7H,1H2;2*1H3;(H2,1,2,3,4). The highest BCUT2D eigenvalue weighted by atomic mass is 32.3. The Labute approximate surface area is 89.4 Å². The molecule has 0 bridgehead atoms. The van der Waals surface area contributed by atoms with Crippen LogP contribution < -0.4 is 12.3 Å². The average molecular weight is 236 g/mol. The molecule has 0 radical (unpaired) electrons. The second-order valence-corrected chi connectivity index (χ2v) is 2.96. The van der Waals surface area contributed by atoms with E-state index in [2.05, 4.69) is 6.58 Å². The molecule has 7 heteroatoms. The Kier molecular flexibility index (Phi) is 12.0. The molecule has 15 heavy (non-hydrogen) atoms. The van der Waals surface area contributed by atoms with E-state index in [1.54, 1.807) is 0 Å². The van der Waals surface area contributed by atoms with Gasteiger partial charge in [-0.2, -0.15) is 8.42 Å². The Hall–Kier alpha value is -1.25. The second kappa shape index (κ2) is 9.31. The molecule has 0 aromatic heterocycles. The first kappa shape index (κ1) is 19.3. The van der Waals surface area contributed by atoms with Gasteiger partial charge in [0, 0.05) is 0 Å². The van der Waals surface area contributed by atoms with Crippen molar-refractivity contribution in [3.8, 4) is 0 Å². The summed E-state index contributed by atoms with van der Waals surface area (Å²) >= 11 is 0. The Bertz CT molecular complexity index is 342. The molecule has 0 fully saturated rings. The van der Waals surface area contributed by atoms with Crippen LogP contribution in [0.5, 0.6) is 0 Å². The third-order valence-corrected chi connectivity index (χ3v) is 1.04. The fraction of sp³-hybridized carbons (Fsp3) is 0. The van der Waals surface area contributed by atoms with Crippen molar-refractivity contribution in [3.05, 3.63) is 42.5 Å². The van der Waals surface area contributed by atoms with Crippen molar-refractivity contribution in [1.82, 2.24) is 12.3 Å². The predicted octanol–water partition coefficient (Wildman–Crippen LogP) is 2.00. The second-order valence-electron chi connectivity index (χ2n) is 2.06. The van der Waals surface area contributed by atoms with Gasteiger partial charge in [-0.1, -0.05) is 43.0 Å². The molecule has 0 spiro atoms. The normalized spacial score (nSPS) is 8.40. The van der Waals surface area contributed by atoms with Gasteiger partial charge >= 0.3 is 10.4 Å². The van der Waals surface area contributed by atoms with Gasteiger partial charge in [0.15, 0.2) is 0 Å². The van der Waals surface area contributed by atoms with Crippen LogP contribution in [0.15, 0.2) is 36.9 Å². The van der Waals surface area contributed by atoms with Crippen LogP contribution >= 0.6 is 0 Å². The molecular weight excluding hydrogens is 220 g/mol. The SMILES string of the molecule is C=Cc1ccccc1.N.N.O=S(=O)(O)O. The van der Waals surface area contributed by atoms with Gasteiger partial charge in [0.1, 0.15) is 0 Å². The zero-order chi connectivity index (χ0) is 10.3. The van der Waals surface area contributed by atoms with Gasteiger partial charge in [0.2, 0.25) is 0 Å². The largest absolute Gasteiger partial charge is 0.394 e. The van der Waals surface area contributed by atoms with Crippen LogP contribution in [0.25, 0.3) is 6.08 Å². The molecule has 0 unspecified atom stereocenters. The Morgan fingerprint density at radius 1 is 1.07 bits per heavy atom. The summed E-state index contributed by atoms with van der Waals surface area (Å²) in [5.74, 6) is 0. The van der Waals surface area contributed by atoms with Crippen LogP contribution in [-0.4, -0.2) is 17.5 Å². The third-order valence-electron chi connectivity index (χ3n) is 1.04. The van der Waals surface area contributed by atoms with E-state index in [1.165, 1.54) is 5.56 Å². The molecule has 0 amide bonds. The summed E-state index contributed by atoms with van der Waals surface area (Å²) in [4.78, 5) is 0. The fourth-order valence-electron chi connectivity index (χ4n) is 0.589. The minimum atomic E-state index is -4.67. The molecule has 0 aliphatic carbocycles. The third kappa shape index (κ3) is 19.2. The highest BCUT2D eigenvalue weighted by molar-refractivity contribution is 7.79. The van der Waals surface area contributed by atoms with Crippen molar-refractivity contribution in [3.63, 3.8) is 0 Å². The first-order valence-corrected chi connectivity index (χ1v) is 4.70. The summed E-state index contributed by atoms with van der Waals surface area (Å²) in [6.45, 7) is 3.63. The summed E-state index contributed by atoms with van der Waals surface area (Å²) in [6, 6.07) is 10.0. The van der Waals surface area contributed by atoms with Gasteiger partial charge in [-0.3, -0.25) is 9.11 Å². The van der Waals surface area contributed by atoms with Gasteiger partial charge in [-0.05, 0) is 5.56 Å². The van der Waals surface area contributed by atoms with E-state index in [9.17, 15) is 0 Å². The van der Waals surface area contributed by atoms with Crippen molar-refractivity contribution in [2.24, 2.45) is 0 Å². The van der Waals surface area contributed by atoms with Gasteiger partial charge in [-0.15, -0.1) is 0 Å². The lowest BCUT2D eigenvalue weighted by atomic mass is 10.2. The van der Waals surface area contributed by atoms with Crippen LogP contribution in [0.4, 0.5) is 0 Å². The minimum Gasteiger partial charge on any atom is -0.344 e. The zero-order valence-electron chi connectivity index (χ0n) is 8.20. The van der Waals surface area contributed by atoms with Crippen LogP contribution in [0, 0.1) is 0 Å². The van der Waals surface area contributed by atoms with Gasteiger partial charge in [0.25, 0.3) is 0 Å². The molecule has 0 saturated carbocycles. The fourth-order valence-corrected chi connectivity index (χ4v) is 0.589. The molecule has 0 saturated heterocycles. The maximum absolute atomic E-state index is 8.74. The van der Waals surface area contributed by atoms with Crippen LogP contribution in [0.1, 0.15) is 5.56 Å². The maximum Gasteiger partial charge on any atom is 0.394 e. The minimum absolute atomic E-state index is 0. The number of benzene rings is 1. The molecule has 0 aliphatic heterocycles. The van der Waals surface area contributed by atoms with E-state index in [1.807, 2.05) is 36.4 Å². The van der Waals surface area contributed by atoms with Gasteiger partial charge < -0.3 is 12.3 Å². The van der Waals surface area contributed by atoms with E-state index in [0.29, 0.717) is 0 Å². The molecule has 1 aromatic rings. The van der Waals surface area contributed by atoms with Crippen molar-refractivity contribution in [1.29, 1.82) is 0 Å². The Morgan fingerprint density at radius 2 is 1.40 bits per heavy atom. The van der Waals surface area contributed by atoms with E-state index >= 15 is 0 Å². The molecule has 88 valence electrons. The van der Waals surface area contributed by atoms with Crippen molar-refractivity contribution in [2.75, 3.05) is 0 Å². The van der Waals surface area contributed by atoms with Crippen LogP contribution in [0.3, 0.4) is 0 Å². The topological polar surface area (TPSA) is 145 Å². The first-order valence-electron chi connectivity index (χ1n) is 3.31. The molecule has 8 N–H and O–H groups in total. The van der Waals surface area contributed by atoms with Crippen LogP contribution in [0.2, 0.25) is 0 Å². The van der Waals surface area contributed by atoms with Crippen LogP contribution in [-0.2, 0) is 10.4 Å². The molecule has 0 heterocycles. The monoisotopic (exact) mass is 236 g/mol. The number of hydrogen-bond donors (Lipinski definition) is 4. The lowest BCUT2D eigenvalue weighted by molar-refractivity contribution is 0.381. The van der Waals surface area contributed by atoms with E-state index < -0.39 is 10.4 Å². The van der Waals surface area contributed by atoms with E-state index in [-0.39, 0.29) is 12.3 Å². The summed E-state index contributed by atoms with van der Waals surface area (Å²) < 4.78 is 31.6. The van der Waals surface area contributed by atoms with E-state index in [0.717, 1.165) is 0 Å². The molecule has 0 atom stereocenters. The highest BCUT2D eigenvalue weighted by Crippen LogP contribution is 1.97. The Balaban J connectivity index is -0.000000185. The zero-order valence-corrected chi connectivity index (χ0v) is 9.02. The van der Waals surface area contributed by atoms with Crippen molar-refractivity contribution in [2.45, 2.75) is 0 Å². The maximum atomic E-state index is 8.74. The molecule has 6 nitrogen and oxygen atoms in total. The lowest BCUT2D eigenvalue weighted by Gasteiger charge is -1.85. The average Bonchev–Trinajstić information content (AvgIpc) is 2.03. The lowest BCUT2D eigenvalue weighted by Crippen LogP contribution is -1.89. The predicted molar refractivity (Wildman–Crippen MR) is 60.8 cm³/mol. The van der Waals surface area contributed by atoms with E-state index in [4.69, 9.17) is 17.5 Å². The first-order chi connectivity index (χ1) is 5.93. The summed E-state index contributed by atoms with van der Waals surface area (Å²) in [7, 11) is -4.67. The quantitative estimate of drug-likeness (QED) is 0.548. The summed E-state index contributed by atoms with van der Waals surface area (Å²) in [5.41, 5.74) is 1.17. The number of rotatable bonds is 1. The Morgan fingerprint density at radius 3 is 1.60 bits per heavy atom. The van der Waals surface area contributed by atoms with Gasteiger partial charge in [-0.25, -0.2) is 0 Å². The smallest absolute Gasteiger partial charge is 0.344 e. The molecule has 1 rings (SSSR count). The van der Waals surface area contributed by atoms with Crippen molar-refractivity contribution >= 4 is 16.5 Å². The molecular formula is C8H16N2O4S. The summed E-state index contributed by atoms with van der Waals surface area (Å²) in [6.07, 6.45) is 1.83. The molecule has 1 aromatic carbocycles. The van der Waals surface area contributed by atoms with Crippen molar-refractivity contribution < 1.29 is 17.5 Å². The number of hydrogen-bond acceptors (Lipinski definition) is 4. The van der Waals surface area contributed by atoms with Gasteiger partial charge in [0.05, 0.1) is 0 Å². The molecule has 0 aliphatic rings.